The molecule has 7 heteroatoms. The molecular formula is C25H28N2O5. The van der Waals surface area contributed by atoms with Gasteiger partial charge in [-0.05, 0) is 63.8 Å². The number of hydrogen-bond donors (Lipinski definition) is 0. The zero-order valence-corrected chi connectivity index (χ0v) is 18.9. The van der Waals surface area contributed by atoms with Gasteiger partial charge in [0.05, 0.1) is 30.7 Å². The normalized spacial score (nSPS) is 15.5. The lowest BCUT2D eigenvalue weighted by atomic mass is 9.98. The van der Waals surface area contributed by atoms with Gasteiger partial charge in [0.1, 0.15) is 5.58 Å². The number of ether oxygens (including phenoxy) is 2. The van der Waals surface area contributed by atoms with Gasteiger partial charge in [0.15, 0.2) is 16.9 Å². The first-order valence-electron chi connectivity index (χ1n) is 10.8. The molecule has 4 rings (SSSR count). The molecule has 1 atom stereocenters. The van der Waals surface area contributed by atoms with Crippen LogP contribution in [-0.4, -0.2) is 56.6 Å². The van der Waals surface area contributed by atoms with E-state index in [0.717, 1.165) is 18.5 Å². The van der Waals surface area contributed by atoms with Crippen molar-refractivity contribution in [2.24, 2.45) is 0 Å². The van der Waals surface area contributed by atoms with E-state index in [4.69, 9.17) is 13.9 Å². The molecule has 0 saturated heterocycles. The number of methoxy groups -OCH3 is 1. The van der Waals surface area contributed by atoms with Crippen LogP contribution in [0.2, 0.25) is 0 Å². The molecule has 168 valence electrons. The van der Waals surface area contributed by atoms with E-state index in [1.165, 1.54) is 0 Å². The first kappa shape index (κ1) is 21.9. The number of benzene rings is 2. The molecule has 1 aliphatic heterocycles. The van der Waals surface area contributed by atoms with Crippen molar-refractivity contribution in [3.63, 3.8) is 0 Å². The summed E-state index contributed by atoms with van der Waals surface area (Å²) in [5.74, 6) is 1.03. The standard InChI is InChI=1S/C25H28N2O5/c1-5-31-19-12-11-16(15-20(19)30-4)22-21-23(28)17-9-6-7-10-18(17)32-24(21)25(29)27(22)14-8-13-26(2)3/h6-7,9-12,15,22H,5,8,13-14H2,1-4H3/t22-/m1/s1. The Bertz CT molecular complexity index is 1200. The Balaban J connectivity index is 1.86. The topological polar surface area (TPSA) is 72.2 Å². The fourth-order valence-electron chi connectivity index (χ4n) is 4.23. The maximum Gasteiger partial charge on any atom is 0.290 e. The van der Waals surface area contributed by atoms with E-state index in [-0.39, 0.29) is 17.1 Å². The van der Waals surface area contributed by atoms with E-state index in [2.05, 4.69) is 4.90 Å². The molecule has 7 nitrogen and oxygen atoms in total. The van der Waals surface area contributed by atoms with E-state index < -0.39 is 6.04 Å². The van der Waals surface area contributed by atoms with Gasteiger partial charge in [0.2, 0.25) is 5.76 Å². The molecule has 1 amide bonds. The summed E-state index contributed by atoms with van der Waals surface area (Å²) in [6.45, 7) is 3.73. The first-order valence-corrected chi connectivity index (χ1v) is 10.8. The Kier molecular flexibility index (Phi) is 6.19. The molecule has 2 aromatic carbocycles. The third-order valence-electron chi connectivity index (χ3n) is 5.68. The number of rotatable bonds is 8. The molecule has 0 saturated carbocycles. The molecule has 0 fully saturated rings. The van der Waals surface area contributed by atoms with Gasteiger partial charge < -0.3 is 23.7 Å². The molecule has 0 radical (unpaired) electrons. The Hall–Kier alpha value is -3.32. The van der Waals surface area contributed by atoms with Gasteiger partial charge in [-0.2, -0.15) is 0 Å². The minimum Gasteiger partial charge on any atom is -0.493 e. The molecule has 0 bridgehead atoms. The van der Waals surface area contributed by atoms with Crippen molar-refractivity contribution in [3.8, 4) is 11.5 Å². The summed E-state index contributed by atoms with van der Waals surface area (Å²) in [5, 5.41) is 0.470. The second-order valence-electron chi connectivity index (χ2n) is 8.07. The highest BCUT2D eigenvalue weighted by molar-refractivity contribution is 5.99. The van der Waals surface area contributed by atoms with E-state index in [9.17, 15) is 9.59 Å². The van der Waals surface area contributed by atoms with Crippen molar-refractivity contribution in [1.29, 1.82) is 0 Å². The van der Waals surface area contributed by atoms with Gasteiger partial charge >= 0.3 is 0 Å². The van der Waals surface area contributed by atoms with Crippen molar-refractivity contribution in [2.75, 3.05) is 40.9 Å². The van der Waals surface area contributed by atoms with Gasteiger partial charge in [-0.15, -0.1) is 0 Å². The molecule has 32 heavy (non-hydrogen) atoms. The summed E-state index contributed by atoms with van der Waals surface area (Å²) in [7, 11) is 5.56. The summed E-state index contributed by atoms with van der Waals surface area (Å²) in [6, 6.07) is 12.0. The predicted molar refractivity (Wildman–Crippen MR) is 123 cm³/mol. The van der Waals surface area contributed by atoms with Gasteiger partial charge in [-0.1, -0.05) is 18.2 Å². The lowest BCUT2D eigenvalue weighted by Crippen LogP contribution is -2.32. The van der Waals surface area contributed by atoms with E-state index in [1.54, 1.807) is 36.3 Å². The highest BCUT2D eigenvalue weighted by Gasteiger charge is 2.42. The number of amides is 1. The smallest absolute Gasteiger partial charge is 0.290 e. The molecule has 1 aliphatic rings. The molecular weight excluding hydrogens is 408 g/mol. The van der Waals surface area contributed by atoms with Crippen LogP contribution in [0.1, 0.15) is 41.1 Å². The number of para-hydroxylation sites is 1. The quantitative estimate of drug-likeness (QED) is 0.536. The van der Waals surface area contributed by atoms with Crippen LogP contribution in [0, 0.1) is 0 Å². The van der Waals surface area contributed by atoms with E-state index in [1.807, 2.05) is 39.2 Å². The second kappa shape index (κ2) is 9.04. The molecule has 0 unspecified atom stereocenters. The van der Waals surface area contributed by atoms with Crippen LogP contribution in [0.3, 0.4) is 0 Å². The third-order valence-corrected chi connectivity index (χ3v) is 5.68. The van der Waals surface area contributed by atoms with Gasteiger partial charge in [0.25, 0.3) is 5.91 Å². The summed E-state index contributed by atoms with van der Waals surface area (Å²) < 4.78 is 17.1. The zero-order valence-electron chi connectivity index (χ0n) is 18.9. The maximum absolute atomic E-state index is 13.5. The van der Waals surface area contributed by atoms with Crippen LogP contribution < -0.4 is 14.9 Å². The van der Waals surface area contributed by atoms with Crippen molar-refractivity contribution < 1.29 is 18.7 Å². The Morgan fingerprint density at radius 2 is 1.88 bits per heavy atom. The van der Waals surface area contributed by atoms with Gasteiger partial charge in [0, 0.05) is 6.54 Å². The van der Waals surface area contributed by atoms with Crippen LogP contribution in [0.15, 0.2) is 51.7 Å². The lowest BCUT2D eigenvalue weighted by Gasteiger charge is -2.26. The molecule has 0 spiro atoms. The zero-order chi connectivity index (χ0) is 22.8. The predicted octanol–water partition coefficient (Wildman–Crippen LogP) is 3.70. The average Bonchev–Trinajstić information content (AvgIpc) is 3.06. The number of carbonyl (C=O) groups is 1. The highest BCUT2D eigenvalue weighted by atomic mass is 16.5. The monoisotopic (exact) mass is 436 g/mol. The molecule has 3 aromatic rings. The average molecular weight is 437 g/mol. The second-order valence-corrected chi connectivity index (χ2v) is 8.07. The Morgan fingerprint density at radius 3 is 2.59 bits per heavy atom. The SMILES string of the molecule is CCOc1ccc([C@@H]2c3c(oc4ccccc4c3=O)C(=O)N2CCCN(C)C)cc1OC. The van der Waals surface area contributed by atoms with Crippen LogP contribution in [0.5, 0.6) is 11.5 Å². The van der Waals surface area contributed by atoms with Crippen molar-refractivity contribution in [3.05, 3.63) is 69.6 Å². The Labute approximate surface area is 187 Å². The fourth-order valence-corrected chi connectivity index (χ4v) is 4.23. The summed E-state index contributed by atoms with van der Waals surface area (Å²) in [5.41, 5.74) is 1.40. The first-order chi connectivity index (χ1) is 15.5. The van der Waals surface area contributed by atoms with Crippen LogP contribution in [-0.2, 0) is 0 Å². The van der Waals surface area contributed by atoms with Gasteiger partial charge in [-0.25, -0.2) is 0 Å². The minimum absolute atomic E-state index is 0.122. The van der Waals surface area contributed by atoms with Crippen LogP contribution in [0.4, 0.5) is 0 Å². The number of hydrogen-bond acceptors (Lipinski definition) is 6. The van der Waals surface area contributed by atoms with Crippen molar-refractivity contribution >= 4 is 16.9 Å². The minimum atomic E-state index is -0.551. The number of nitrogens with zero attached hydrogens (tertiary/aromatic N) is 2. The largest absolute Gasteiger partial charge is 0.493 e. The van der Waals surface area contributed by atoms with Crippen molar-refractivity contribution in [1.82, 2.24) is 9.80 Å². The Morgan fingerprint density at radius 1 is 1.09 bits per heavy atom. The molecule has 1 aromatic heterocycles. The molecule has 2 heterocycles. The summed E-state index contributed by atoms with van der Waals surface area (Å²) >= 11 is 0. The maximum atomic E-state index is 13.5. The molecule has 0 N–H and O–H groups in total. The van der Waals surface area contributed by atoms with E-state index in [0.29, 0.717) is 41.2 Å². The van der Waals surface area contributed by atoms with E-state index >= 15 is 0 Å². The van der Waals surface area contributed by atoms with Crippen LogP contribution >= 0.6 is 0 Å². The number of fused-ring (bicyclic) bond motifs is 2. The molecule has 0 aliphatic carbocycles. The lowest BCUT2D eigenvalue weighted by molar-refractivity contribution is 0.0722. The summed E-state index contributed by atoms with van der Waals surface area (Å²) in [6.07, 6.45) is 0.769. The van der Waals surface area contributed by atoms with Gasteiger partial charge in [-0.3, -0.25) is 9.59 Å². The third kappa shape index (κ3) is 3.84. The highest BCUT2D eigenvalue weighted by Crippen LogP contribution is 2.41. The fraction of sp³-hybridized carbons (Fsp3) is 0.360. The summed E-state index contributed by atoms with van der Waals surface area (Å²) in [4.78, 5) is 30.7. The van der Waals surface area contributed by atoms with Crippen molar-refractivity contribution in [2.45, 2.75) is 19.4 Å². The van der Waals surface area contributed by atoms with Crippen LogP contribution in [0.25, 0.3) is 11.0 Å². The number of carbonyl (C=O) groups excluding carboxylic acids is 1.